The van der Waals surface area contributed by atoms with Gasteiger partial charge in [0.05, 0.1) is 17.3 Å². The van der Waals surface area contributed by atoms with Gasteiger partial charge in [-0.25, -0.2) is 4.98 Å². The highest BCUT2D eigenvalue weighted by Crippen LogP contribution is 2.44. The molecule has 0 N–H and O–H groups in total. The molecule has 29 heavy (non-hydrogen) atoms. The zero-order chi connectivity index (χ0) is 20.3. The first-order valence-corrected chi connectivity index (χ1v) is 10.5. The lowest BCUT2D eigenvalue weighted by molar-refractivity contribution is -0.130. The van der Waals surface area contributed by atoms with E-state index in [2.05, 4.69) is 23.0 Å². The summed E-state index contributed by atoms with van der Waals surface area (Å²) in [7, 11) is 0. The van der Waals surface area contributed by atoms with Crippen LogP contribution in [0.3, 0.4) is 0 Å². The summed E-state index contributed by atoms with van der Waals surface area (Å²) >= 11 is 0. The Morgan fingerprint density at radius 1 is 1.28 bits per heavy atom. The lowest BCUT2D eigenvalue weighted by Crippen LogP contribution is -2.43. The van der Waals surface area contributed by atoms with Crippen LogP contribution >= 0.6 is 0 Å². The molecule has 0 aliphatic carbocycles. The first-order valence-electron chi connectivity index (χ1n) is 10.5. The third-order valence-corrected chi connectivity index (χ3v) is 6.45. The summed E-state index contributed by atoms with van der Waals surface area (Å²) in [4.78, 5) is 24.3. The SMILES string of the molecule is CCC1(/C(C(=O)N2CCCCC2)=C(/C#N)n2cnc3cnccc32)CCOCC1. The van der Waals surface area contributed by atoms with Gasteiger partial charge in [0.25, 0.3) is 5.91 Å². The molecule has 0 radical (unpaired) electrons. The topological polar surface area (TPSA) is 84.0 Å². The van der Waals surface area contributed by atoms with Gasteiger partial charge in [-0.05, 0) is 44.6 Å². The van der Waals surface area contributed by atoms with Crippen LogP contribution in [-0.4, -0.2) is 51.6 Å². The second-order valence-electron chi connectivity index (χ2n) is 7.91. The standard InChI is InChI=1S/C22H27N5O2/c1-2-22(7-12-29-13-8-22)20(21(28)26-10-4-3-5-11-26)19(14-23)27-16-25-17-15-24-9-6-18(17)27/h6,9,15-16H,2-5,7-8,10-13H2,1H3/b20-19-. The van der Waals surface area contributed by atoms with E-state index in [9.17, 15) is 10.1 Å². The Labute approximate surface area is 171 Å². The van der Waals surface area contributed by atoms with Gasteiger partial charge in [-0.2, -0.15) is 5.26 Å². The highest BCUT2D eigenvalue weighted by Gasteiger charge is 2.42. The van der Waals surface area contributed by atoms with Crippen molar-refractivity contribution in [3.8, 4) is 6.07 Å². The second-order valence-corrected chi connectivity index (χ2v) is 7.91. The van der Waals surface area contributed by atoms with E-state index in [1.807, 2.05) is 11.0 Å². The smallest absolute Gasteiger partial charge is 0.253 e. The minimum Gasteiger partial charge on any atom is -0.381 e. The van der Waals surface area contributed by atoms with Crippen LogP contribution in [0.1, 0.15) is 45.4 Å². The minimum absolute atomic E-state index is 0.000839. The number of fused-ring (bicyclic) bond motifs is 1. The number of hydrogen-bond acceptors (Lipinski definition) is 5. The van der Waals surface area contributed by atoms with Crippen LogP contribution in [0.15, 0.2) is 30.4 Å². The average Bonchev–Trinajstić information content (AvgIpc) is 3.22. The van der Waals surface area contributed by atoms with Crippen LogP contribution in [-0.2, 0) is 9.53 Å². The van der Waals surface area contributed by atoms with Crippen LogP contribution in [0.4, 0.5) is 0 Å². The van der Waals surface area contributed by atoms with E-state index in [4.69, 9.17) is 4.74 Å². The molecule has 7 nitrogen and oxygen atoms in total. The van der Waals surface area contributed by atoms with Gasteiger partial charge >= 0.3 is 0 Å². The predicted octanol–water partition coefficient (Wildman–Crippen LogP) is 3.39. The number of piperidine rings is 1. The first-order chi connectivity index (χ1) is 14.2. The number of imidazole rings is 1. The van der Waals surface area contributed by atoms with Crippen molar-refractivity contribution in [3.05, 3.63) is 30.4 Å². The summed E-state index contributed by atoms with van der Waals surface area (Å²) in [6, 6.07) is 4.21. The lowest BCUT2D eigenvalue weighted by atomic mass is 9.70. The van der Waals surface area contributed by atoms with E-state index in [-0.39, 0.29) is 11.3 Å². The Morgan fingerprint density at radius 2 is 2.03 bits per heavy atom. The molecule has 1 amide bonds. The fourth-order valence-corrected chi connectivity index (χ4v) is 4.65. The molecule has 2 saturated heterocycles. The zero-order valence-corrected chi connectivity index (χ0v) is 16.9. The quantitative estimate of drug-likeness (QED) is 0.587. The molecule has 2 aliphatic heterocycles. The number of carbonyl (C=O) groups excluding carboxylic acids is 1. The maximum Gasteiger partial charge on any atom is 0.253 e. The second kappa shape index (κ2) is 8.34. The van der Waals surface area contributed by atoms with E-state index < -0.39 is 0 Å². The van der Waals surface area contributed by atoms with Crippen molar-refractivity contribution < 1.29 is 9.53 Å². The molecule has 4 heterocycles. The van der Waals surface area contributed by atoms with Crippen LogP contribution in [0.2, 0.25) is 0 Å². The summed E-state index contributed by atoms with van der Waals surface area (Å²) in [6.07, 6.45) is 10.5. The molecular formula is C22H27N5O2. The van der Waals surface area contributed by atoms with Crippen LogP contribution in [0.5, 0.6) is 0 Å². The Morgan fingerprint density at radius 3 is 2.72 bits per heavy atom. The van der Waals surface area contributed by atoms with E-state index in [0.29, 0.717) is 30.0 Å². The normalized spacial score (nSPS) is 20.2. The number of rotatable bonds is 4. The monoisotopic (exact) mass is 393 g/mol. The van der Waals surface area contributed by atoms with Gasteiger partial charge in [-0.15, -0.1) is 0 Å². The predicted molar refractivity (Wildman–Crippen MR) is 110 cm³/mol. The van der Waals surface area contributed by atoms with Crippen LogP contribution < -0.4 is 0 Å². The molecule has 0 saturated carbocycles. The third-order valence-electron chi connectivity index (χ3n) is 6.45. The molecule has 0 bridgehead atoms. The van der Waals surface area contributed by atoms with Crippen molar-refractivity contribution in [3.63, 3.8) is 0 Å². The summed E-state index contributed by atoms with van der Waals surface area (Å²) in [6.45, 7) is 4.84. The molecule has 7 heteroatoms. The molecule has 0 spiro atoms. The van der Waals surface area contributed by atoms with Crippen molar-refractivity contribution in [2.45, 2.75) is 45.4 Å². The number of allylic oxidation sites excluding steroid dienone is 1. The lowest BCUT2D eigenvalue weighted by Gasteiger charge is -2.40. The van der Waals surface area contributed by atoms with Gasteiger partial charge in [0.2, 0.25) is 0 Å². The molecule has 2 aromatic rings. The molecule has 0 atom stereocenters. The van der Waals surface area contributed by atoms with Gasteiger partial charge in [0, 0.05) is 37.9 Å². The number of carbonyl (C=O) groups is 1. The summed E-state index contributed by atoms with van der Waals surface area (Å²) in [5, 5.41) is 10.2. The molecule has 2 aliphatic rings. The van der Waals surface area contributed by atoms with Crippen LogP contribution in [0.25, 0.3) is 16.7 Å². The third kappa shape index (κ3) is 3.53. The van der Waals surface area contributed by atoms with E-state index in [1.165, 1.54) is 0 Å². The highest BCUT2D eigenvalue weighted by molar-refractivity contribution is 6.03. The number of likely N-dealkylation sites (tertiary alicyclic amines) is 1. The van der Waals surface area contributed by atoms with Crippen molar-refractivity contribution in [1.29, 1.82) is 5.26 Å². The molecule has 0 unspecified atom stereocenters. The number of nitriles is 1. The highest BCUT2D eigenvalue weighted by atomic mass is 16.5. The first kappa shape index (κ1) is 19.6. The van der Waals surface area contributed by atoms with Gasteiger partial charge in [0.15, 0.2) is 0 Å². The molecule has 152 valence electrons. The summed E-state index contributed by atoms with van der Waals surface area (Å²) in [5.41, 5.74) is 2.16. The Balaban J connectivity index is 1.91. The Kier molecular flexibility index (Phi) is 5.63. The molecule has 0 aromatic carbocycles. The number of pyridine rings is 1. The van der Waals surface area contributed by atoms with Gasteiger partial charge < -0.3 is 9.64 Å². The molecule has 2 aromatic heterocycles. The van der Waals surface area contributed by atoms with E-state index in [1.54, 1.807) is 23.3 Å². The van der Waals surface area contributed by atoms with Crippen molar-refractivity contribution in [2.75, 3.05) is 26.3 Å². The molecule has 4 rings (SSSR count). The maximum absolute atomic E-state index is 13.8. The zero-order valence-electron chi connectivity index (χ0n) is 16.9. The number of nitrogens with zero attached hydrogens (tertiary/aromatic N) is 5. The molecule has 2 fully saturated rings. The minimum atomic E-state index is -0.360. The van der Waals surface area contributed by atoms with Crippen molar-refractivity contribution in [1.82, 2.24) is 19.4 Å². The fraction of sp³-hybridized carbons (Fsp3) is 0.545. The molecular weight excluding hydrogens is 366 g/mol. The number of hydrogen-bond donors (Lipinski definition) is 0. The Hall–Kier alpha value is -2.72. The Bertz CT molecular complexity index is 959. The number of ether oxygens (including phenoxy) is 1. The number of aromatic nitrogens is 3. The van der Waals surface area contributed by atoms with Crippen molar-refractivity contribution >= 4 is 22.6 Å². The summed E-state index contributed by atoms with van der Waals surface area (Å²) in [5.74, 6) is 0.000839. The van der Waals surface area contributed by atoms with Gasteiger partial charge in [-0.1, -0.05) is 6.92 Å². The van der Waals surface area contributed by atoms with E-state index >= 15 is 0 Å². The van der Waals surface area contributed by atoms with Crippen molar-refractivity contribution in [2.24, 2.45) is 5.41 Å². The largest absolute Gasteiger partial charge is 0.381 e. The van der Waals surface area contributed by atoms with Crippen LogP contribution in [0, 0.1) is 16.7 Å². The van der Waals surface area contributed by atoms with Gasteiger partial charge in [0.1, 0.15) is 23.6 Å². The average molecular weight is 393 g/mol. The summed E-state index contributed by atoms with van der Waals surface area (Å²) < 4.78 is 7.38. The van der Waals surface area contributed by atoms with Gasteiger partial charge in [-0.3, -0.25) is 14.3 Å². The maximum atomic E-state index is 13.8. The number of amides is 1. The fourth-order valence-electron chi connectivity index (χ4n) is 4.65. The van der Waals surface area contributed by atoms with E-state index in [0.717, 1.165) is 57.1 Å².